The average molecular weight is 167 g/mol. The smallest absolute Gasteiger partial charge is 0.214 e. The number of allylic oxidation sites excluding steroid dienone is 5. The molecular weight excluding hydrogens is 150 g/mol. The monoisotopic (exact) mass is 167 g/mol. The van der Waals surface area contributed by atoms with Crippen molar-refractivity contribution in [1.82, 2.24) is 0 Å². The van der Waals surface area contributed by atoms with Gasteiger partial charge in [-0.15, -0.1) is 0 Å². The van der Waals surface area contributed by atoms with Gasteiger partial charge >= 0.3 is 0 Å². The van der Waals surface area contributed by atoms with Crippen molar-refractivity contribution >= 4 is 5.91 Å². The van der Waals surface area contributed by atoms with Crippen molar-refractivity contribution in [2.24, 2.45) is 5.73 Å². The molecule has 0 bridgehead atoms. The average Bonchev–Trinajstić information content (AvgIpc) is 1.87. The summed E-state index contributed by atoms with van der Waals surface area (Å²) in [6.45, 7) is 8.92. The van der Waals surface area contributed by atoms with Crippen LogP contribution in [0.4, 0.5) is 0 Å². The summed E-state index contributed by atoms with van der Waals surface area (Å²) < 4.78 is 0. The minimum Gasteiger partial charge on any atom is -0.370 e. The number of rotatable bonds is 2. The molecule has 68 valence electrons. The van der Waals surface area contributed by atoms with Gasteiger partial charge in [-0.25, -0.2) is 0 Å². The Labute approximate surface area is 74.5 Å². The van der Waals surface area contributed by atoms with E-state index in [9.17, 15) is 4.79 Å². The lowest BCUT2D eigenvalue weighted by Crippen LogP contribution is -2.01. The number of carbonyl (C=O) groups is 1. The van der Waals surface area contributed by atoms with Crippen LogP contribution in [0.1, 0.15) is 20.8 Å². The number of hydrogen-bond acceptors (Lipinski definition) is 1. The highest BCUT2D eigenvalue weighted by Gasteiger charge is 1.71. The molecule has 0 aliphatic heterocycles. The highest BCUT2D eigenvalue weighted by Crippen LogP contribution is 1.92. The third kappa shape index (κ3) is 23.4. The number of hydrogen-bond donors (Lipinski definition) is 1. The molecule has 0 radical (unpaired) electrons. The van der Waals surface area contributed by atoms with E-state index in [0.29, 0.717) is 0 Å². The Hall–Kier alpha value is -1.31. The Bertz CT molecular complexity index is 186. The molecule has 0 saturated carbocycles. The van der Waals surface area contributed by atoms with Gasteiger partial charge in [0.25, 0.3) is 0 Å². The first kappa shape index (κ1) is 13.3. The summed E-state index contributed by atoms with van der Waals surface area (Å²) in [5.74, 6) is -0.333. The van der Waals surface area contributed by atoms with Crippen molar-refractivity contribution < 1.29 is 4.79 Å². The van der Waals surface area contributed by atoms with Crippen LogP contribution in [0.15, 0.2) is 36.5 Å². The van der Waals surface area contributed by atoms with E-state index in [4.69, 9.17) is 0 Å². The second-order valence-electron chi connectivity index (χ2n) is 2.26. The topological polar surface area (TPSA) is 43.1 Å². The molecular formula is C10H17NO. The van der Waals surface area contributed by atoms with Crippen LogP contribution in [0.5, 0.6) is 0 Å². The van der Waals surface area contributed by atoms with E-state index in [2.05, 4.69) is 12.3 Å². The highest BCUT2D eigenvalue weighted by molar-refractivity contribution is 5.70. The van der Waals surface area contributed by atoms with Gasteiger partial charge in [-0.1, -0.05) is 36.5 Å². The largest absolute Gasteiger partial charge is 0.370 e. The molecule has 0 aliphatic rings. The predicted octanol–water partition coefficient (Wildman–Crippen LogP) is 2.19. The van der Waals surface area contributed by atoms with E-state index < -0.39 is 0 Å². The van der Waals surface area contributed by atoms with E-state index in [0.717, 1.165) is 0 Å². The van der Waals surface area contributed by atoms with Crippen molar-refractivity contribution in [2.75, 3.05) is 0 Å². The first-order valence-corrected chi connectivity index (χ1v) is 3.72. The van der Waals surface area contributed by atoms with Gasteiger partial charge in [-0.3, -0.25) is 4.79 Å². The quantitative estimate of drug-likeness (QED) is 0.629. The van der Waals surface area contributed by atoms with Crippen LogP contribution < -0.4 is 5.73 Å². The second kappa shape index (κ2) is 9.69. The van der Waals surface area contributed by atoms with Crippen LogP contribution in [-0.4, -0.2) is 5.91 Å². The molecule has 0 spiro atoms. The van der Waals surface area contributed by atoms with Crippen LogP contribution in [0.25, 0.3) is 0 Å². The number of nitrogens with two attached hydrogens (primary N) is 1. The molecule has 12 heavy (non-hydrogen) atoms. The standard InChI is InChI=1S/C8H12.C2H5NO/c1-4-6-8(3)7-5-2;1-2(3)4/h4-7H,1H2,2-3H3;1H3,(H2,3,4)/b7-5-,8-6-;. The normalized spacial score (nSPS) is 10.4. The van der Waals surface area contributed by atoms with Gasteiger partial charge in [-0.05, 0) is 13.8 Å². The van der Waals surface area contributed by atoms with Gasteiger partial charge in [0, 0.05) is 6.92 Å². The summed E-state index contributed by atoms with van der Waals surface area (Å²) >= 11 is 0. The van der Waals surface area contributed by atoms with Crippen molar-refractivity contribution in [1.29, 1.82) is 0 Å². The fourth-order valence-electron chi connectivity index (χ4n) is 0.504. The van der Waals surface area contributed by atoms with E-state index in [1.165, 1.54) is 12.5 Å². The molecule has 2 N–H and O–H groups in total. The minimum atomic E-state index is -0.333. The lowest BCUT2D eigenvalue weighted by atomic mass is 10.2. The van der Waals surface area contributed by atoms with Crippen LogP contribution >= 0.6 is 0 Å². The Morgan fingerprint density at radius 1 is 1.42 bits per heavy atom. The first-order valence-electron chi connectivity index (χ1n) is 3.72. The van der Waals surface area contributed by atoms with Gasteiger partial charge in [-0.2, -0.15) is 0 Å². The van der Waals surface area contributed by atoms with Crippen molar-refractivity contribution in [3.8, 4) is 0 Å². The van der Waals surface area contributed by atoms with Crippen LogP contribution in [0, 0.1) is 0 Å². The van der Waals surface area contributed by atoms with E-state index >= 15 is 0 Å². The molecule has 0 aromatic carbocycles. The van der Waals surface area contributed by atoms with Gasteiger partial charge in [0.1, 0.15) is 0 Å². The lowest BCUT2D eigenvalue weighted by molar-refractivity contribution is -0.115. The summed E-state index contributed by atoms with van der Waals surface area (Å²) in [5, 5.41) is 0. The molecule has 0 aliphatic carbocycles. The van der Waals surface area contributed by atoms with Crippen molar-refractivity contribution in [3.05, 3.63) is 36.5 Å². The minimum absolute atomic E-state index is 0.333. The third-order valence-corrected chi connectivity index (χ3v) is 0.810. The third-order valence-electron chi connectivity index (χ3n) is 0.810. The zero-order valence-corrected chi connectivity index (χ0v) is 8.00. The number of amides is 1. The van der Waals surface area contributed by atoms with Gasteiger partial charge in [0.05, 0.1) is 0 Å². The summed E-state index contributed by atoms with van der Waals surface area (Å²) in [4.78, 5) is 9.22. The molecule has 0 aromatic rings. The maximum absolute atomic E-state index is 9.22. The summed E-state index contributed by atoms with van der Waals surface area (Å²) in [6, 6.07) is 0. The molecule has 0 aromatic heterocycles. The summed E-state index contributed by atoms with van der Waals surface area (Å²) in [5.41, 5.74) is 5.71. The van der Waals surface area contributed by atoms with Gasteiger partial charge in [0.15, 0.2) is 0 Å². The summed E-state index contributed by atoms with van der Waals surface area (Å²) in [7, 11) is 0. The van der Waals surface area contributed by atoms with Crippen molar-refractivity contribution in [3.63, 3.8) is 0 Å². The Kier molecular flexibility index (Phi) is 10.7. The van der Waals surface area contributed by atoms with E-state index in [1.54, 1.807) is 6.08 Å². The molecule has 1 amide bonds. The molecule has 0 atom stereocenters. The lowest BCUT2D eigenvalue weighted by Gasteiger charge is -1.82. The highest BCUT2D eigenvalue weighted by atomic mass is 16.1. The molecule has 0 fully saturated rings. The van der Waals surface area contributed by atoms with E-state index in [1.807, 2.05) is 32.1 Å². The zero-order valence-electron chi connectivity index (χ0n) is 8.00. The molecule has 2 heteroatoms. The zero-order chi connectivity index (χ0) is 9.98. The van der Waals surface area contributed by atoms with Crippen LogP contribution in [0.3, 0.4) is 0 Å². The fourth-order valence-corrected chi connectivity index (χ4v) is 0.504. The number of carbonyl (C=O) groups excluding carboxylic acids is 1. The van der Waals surface area contributed by atoms with Crippen LogP contribution in [0.2, 0.25) is 0 Å². The molecule has 0 unspecified atom stereocenters. The van der Waals surface area contributed by atoms with Gasteiger partial charge in [0.2, 0.25) is 5.91 Å². The molecule has 0 heterocycles. The molecule has 2 nitrogen and oxygen atoms in total. The van der Waals surface area contributed by atoms with Gasteiger partial charge < -0.3 is 5.73 Å². The maximum atomic E-state index is 9.22. The Morgan fingerprint density at radius 3 is 2.08 bits per heavy atom. The SMILES string of the molecule is C=C/C=C(C)\C=C/C.CC(N)=O. The first-order chi connectivity index (χ1) is 5.54. The van der Waals surface area contributed by atoms with Crippen molar-refractivity contribution in [2.45, 2.75) is 20.8 Å². The fraction of sp³-hybridized carbons (Fsp3) is 0.300. The summed E-state index contributed by atoms with van der Waals surface area (Å²) in [6.07, 6.45) is 7.81. The molecule has 0 saturated heterocycles. The maximum Gasteiger partial charge on any atom is 0.214 e. The van der Waals surface area contributed by atoms with E-state index in [-0.39, 0.29) is 5.91 Å². The second-order valence-corrected chi connectivity index (χ2v) is 2.26. The number of primary amides is 1. The van der Waals surface area contributed by atoms with Crippen LogP contribution in [-0.2, 0) is 4.79 Å². The Morgan fingerprint density at radius 2 is 1.83 bits per heavy atom. The predicted molar refractivity (Wildman–Crippen MR) is 53.6 cm³/mol. The Balaban J connectivity index is 0. The molecule has 0 rings (SSSR count).